The summed E-state index contributed by atoms with van der Waals surface area (Å²) in [6.45, 7) is 2.44. The summed E-state index contributed by atoms with van der Waals surface area (Å²) in [5, 5.41) is 3.57. The zero-order chi connectivity index (χ0) is 15.2. The molecule has 1 atom stereocenters. The fourth-order valence-corrected chi connectivity index (χ4v) is 2.07. The van der Waals surface area contributed by atoms with E-state index in [4.69, 9.17) is 11.6 Å². The van der Waals surface area contributed by atoms with Gasteiger partial charge in [-0.3, -0.25) is 4.98 Å². The molecule has 0 radical (unpaired) electrons. The summed E-state index contributed by atoms with van der Waals surface area (Å²) in [5.41, 5.74) is 2.01. The third kappa shape index (κ3) is 4.20. The Labute approximate surface area is 129 Å². The van der Waals surface area contributed by atoms with Gasteiger partial charge in [-0.1, -0.05) is 29.8 Å². The molecule has 4 nitrogen and oxygen atoms in total. The van der Waals surface area contributed by atoms with Crippen LogP contribution in [0.4, 0.5) is 4.79 Å². The minimum absolute atomic E-state index is 0.0313. The fourth-order valence-electron chi connectivity index (χ4n) is 1.95. The first-order valence-electron chi connectivity index (χ1n) is 6.73. The molecule has 0 unspecified atom stereocenters. The number of urea groups is 1. The zero-order valence-electron chi connectivity index (χ0n) is 12.1. The summed E-state index contributed by atoms with van der Waals surface area (Å²) >= 11 is 5.88. The third-order valence-corrected chi connectivity index (χ3v) is 3.67. The lowest BCUT2D eigenvalue weighted by atomic mass is 10.1. The van der Waals surface area contributed by atoms with E-state index in [9.17, 15) is 4.79 Å². The van der Waals surface area contributed by atoms with Crippen LogP contribution in [0.3, 0.4) is 0 Å². The second-order valence-electron chi connectivity index (χ2n) is 4.86. The molecule has 0 saturated heterocycles. The van der Waals surface area contributed by atoms with E-state index in [1.807, 2.05) is 43.3 Å². The molecular weight excluding hydrogens is 286 g/mol. The van der Waals surface area contributed by atoms with Crippen molar-refractivity contribution in [1.29, 1.82) is 0 Å². The number of hydrogen-bond donors (Lipinski definition) is 1. The molecule has 0 spiro atoms. The minimum Gasteiger partial charge on any atom is -0.334 e. The highest BCUT2D eigenvalue weighted by molar-refractivity contribution is 6.30. The van der Waals surface area contributed by atoms with Gasteiger partial charge in [0.15, 0.2) is 0 Å². The van der Waals surface area contributed by atoms with E-state index < -0.39 is 0 Å². The maximum Gasteiger partial charge on any atom is 0.317 e. The first-order chi connectivity index (χ1) is 10.1. The van der Waals surface area contributed by atoms with Gasteiger partial charge in [-0.05, 0) is 36.2 Å². The Morgan fingerprint density at radius 1 is 1.33 bits per heavy atom. The van der Waals surface area contributed by atoms with Crippen molar-refractivity contribution in [2.24, 2.45) is 0 Å². The lowest BCUT2D eigenvalue weighted by Crippen LogP contribution is -2.38. The lowest BCUT2D eigenvalue weighted by molar-refractivity contribution is 0.194. The van der Waals surface area contributed by atoms with Crippen LogP contribution in [0.5, 0.6) is 0 Å². The summed E-state index contributed by atoms with van der Waals surface area (Å²) in [6.07, 6.45) is 3.45. The fraction of sp³-hybridized carbons (Fsp3) is 0.250. The van der Waals surface area contributed by atoms with Crippen LogP contribution >= 0.6 is 11.6 Å². The summed E-state index contributed by atoms with van der Waals surface area (Å²) < 4.78 is 0. The van der Waals surface area contributed by atoms with E-state index in [2.05, 4.69) is 10.3 Å². The van der Waals surface area contributed by atoms with Gasteiger partial charge < -0.3 is 10.2 Å². The van der Waals surface area contributed by atoms with Crippen molar-refractivity contribution >= 4 is 17.6 Å². The van der Waals surface area contributed by atoms with Gasteiger partial charge in [-0.25, -0.2) is 4.79 Å². The number of aromatic nitrogens is 1. The highest BCUT2D eigenvalue weighted by Crippen LogP contribution is 2.20. The predicted octanol–water partition coefficient (Wildman–Crippen LogP) is 3.64. The summed E-state index contributed by atoms with van der Waals surface area (Å²) in [7, 11) is 1.78. The molecule has 5 heteroatoms. The quantitative estimate of drug-likeness (QED) is 0.937. The van der Waals surface area contributed by atoms with Crippen molar-refractivity contribution in [3.63, 3.8) is 0 Å². The van der Waals surface area contributed by atoms with Gasteiger partial charge in [0.05, 0.1) is 6.04 Å². The van der Waals surface area contributed by atoms with E-state index in [0.29, 0.717) is 11.6 Å². The molecule has 1 aromatic carbocycles. The number of nitrogens with one attached hydrogen (secondary N) is 1. The average molecular weight is 304 g/mol. The largest absolute Gasteiger partial charge is 0.334 e. The van der Waals surface area contributed by atoms with Gasteiger partial charge in [0, 0.05) is 31.0 Å². The number of halogens is 1. The summed E-state index contributed by atoms with van der Waals surface area (Å²) in [6, 6.07) is 11.1. The standard InChI is InChI=1S/C16H18ClN3O/c1-12(14-5-7-15(17)8-6-14)20(2)16(21)19-11-13-4-3-9-18-10-13/h3-10,12H,11H2,1-2H3,(H,19,21)/t12-/m1/s1. The van der Waals surface area contributed by atoms with Crippen molar-refractivity contribution in [1.82, 2.24) is 15.2 Å². The van der Waals surface area contributed by atoms with Crippen LogP contribution in [0.1, 0.15) is 24.1 Å². The molecule has 110 valence electrons. The number of amides is 2. The molecule has 0 bridgehead atoms. The Morgan fingerprint density at radius 3 is 2.67 bits per heavy atom. The van der Waals surface area contributed by atoms with Gasteiger partial charge in [0.25, 0.3) is 0 Å². The van der Waals surface area contributed by atoms with E-state index in [1.54, 1.807) is 24.3 Å². The van der Waals surface area contributed by atoms with Crippen LogP contribution in [0.15, 0.2) is 48.8 Å². The van der Waals surface area contributed by atoms with E-state index in [0.717, 1.165) is 11.1 Å². The van der Waals surface area contributed by atoms with Crippen molar-refractivity contribution in [3.8, 4) is 0 Å². The maximum atomic E-state index is 12.2. The second kappa shape index (κ2) is 7.09. The van der Waals surface area contributed by atoms with Gasteiger partial charge in [0.2, 0.25) is 0 Å². The molecule has 0 saturated carbocycles. The molecule has 2 rings (SSSR count). The zero-order valence-corrected chi connectivity index (χ0v) is 12.8. The van der Waals surface area contributed by atoms with Crippen LogP contribution in [-0.2, 0) is 6.54 Å². The highest BCUT2D eigenvalue weighted by Gasteiger charge is 2.16. The summed E-state index contributed by atoms with van der Waals surface area (Å²) in [4.78, 5) is 17.9. The van der Waals surface area contributed by atoms with Crippen LogP contribution in [0.2, 0.25) is 5.02 Å². The topological polar surface area (TPSA) is 45.2 Å². The number of benzene rings is 1. The van der Waals surface area contributed by atoms with E-state index in [1.165, 1.54) is 0 Å². The van der Waals surface area contributed by atoms with Crippen LogP contribution in [0.25, 0.3) is 0 Å². The van der Waals surface area contributed by atoms with Crippen molar-refractivity contribution in [3.05, 3.63) is 64.9 Å². The molecule has 21 heavy (non-hydrogen) atoms. The normalized spacial score (nSPS) is 11.8. The Bertz CT molecular complexity index is 586. The molecule has 1 N–H and O–H groups in total. The third-order valence-electron chi connectivity index (χ3n) is 3.42. The number of pyridine rings is 1. The Balaban J connectivity index is 1.94. The van der Waals surface area contributed by atoms with E-state index >= 15 is 0 Å². The first-order valence-corrected chi connectivity index (χ1v) is 7.11. The number of hydrogen-bond acceptors (Lipinski definition) is 2. The van der Waals surface area contributed by atoms with Crippen molar-refractivity contribution < 1.29 is 4.79 Å². The van der Waals surface area contributed by atoms with E-state index in [-0.39, 0.29) is 12.1 Å². The predicted molar refractivity (Wildman–Crippen MR) is 84.1 cm³/mol. The van der Waals surface area contributed by atoms with Gasteiger partial charge >= 0.3 is 6.03 Å². The number of nitrogens with zero attached hydrogens (tertiary/aromatic N) is 2. The molecule has 0 aliphatic carbocycles. The maximum absolute atomic E-state index is 12.2. The number of rotatable bonds is 4. The minimum atomic E-state index is -0.124. The average Bonchev–Trinajstić information content (AvgIpc) is 2.53. The highest BCUT2D eigenvalue weighted by atomic mass is 35.5. The Morgan fingerprint density at radius 2 is 2.05 bits per heavy atom. The molecule has 2 aromatic rings. The van der Waals surface area contributed by atoms with Crippen molar-refractivity contribution in [2.45, 2.75) is 19.5 Å². The number of carbonyl (C=O) groups excluding carboxylic acids is 1. The Kier molecular flexibility index (Phi) is 5.17. The molecule has 0 aliphatic rings. The molecule has 1 aromatic heterocycles. The molecule has 0 fully saturated rings. The Hall–Kier alpha value is -2.07. The number of carbonyl (C=O) groups is 1. The molecule has 1 heterocycles. The second-order valence-corrected chi connectivity index (χ2v) is 5.29. The monoisotopic (exact) mass is 303 g/mol. The molecule has 0 aliphatic heterocycles. The van der Waals surface area contributed by atoms with Gasteiger partial charge in [-0.15, -0.1) is 0 Å². The smallest absolute Gasteiger partial charge is 0.317 e. The van der Waals surface area contributed by atoms with Crippen LogP contribution < -0.4 is 5.32 Å². The SMILES string of the molecule is C[C@H](c1ccc(Cl)cc1)N(C)C(=O)NCc1cccnc1. The van der Waals surface area contributed by atoms with Crippen molar-refractivity contribution in [2.75, 3.05) is 7.05 Å². The van der Waals surface area contributed by atoms with Gasteiger partial charge in [0.1, 0.15) is 0 Å². The first kappa shape index (κ1) is 15.3. The molecular formula is C16H18ClN3O. The lowest BCUT2D eigenvalue weighted by Gasteiger charge is -2.25. The molecule has 2 amide bonds. The van der Waals surface area contributed by atoms with Gasteiger partial charge in [-0.2, -0.15) is 0 Å². The summed E-state index contributed by atoms with van der Waals surface area (Å²) in [5.74, 6) is 0. The van der Waals surface area contributed by atoms with Crippen LogP contribution in [-0.4, -0.2) is 23.0 Å². The van der Waals surface area contributed by atoms with Crippen LogP contribution in [0, 0.1) is 0 Å².